The molecule has 60 valence electrons. The first kappa shape index (κ1) is 10.8. The summed E-state index contributed by atoms with van der Waals surface area (Å²) in [6, 6.07) is 9.97. The number of rotatable bonds is 0. The van der Waals surface area contributed by atoms with Crippen LogP contribution in [0.15, 0.2) is 34.8 Å². The molecule has 0 amide bonds. The van der Waals surface area contributed by atoms with Crippen molar-refractivity contribution < 1.29 is 4.79 Å². The van der Waals surface area contributed by atoms with Crippen LogP contribution < -0.4 is 0 Å². The molecule has 0 aliphatic carbocycles. The number of hydrogen-bond acceptors (Lipinski definition) is 1. The Hall–Kier alpha value is -0.150. The Morgan fingerprint density at radius 1 is 1.27 bits per heavy atom. The molecule has 0 fully saturated rings. The van der Waals surface area contributed by atoms with Crippen LogP contribution in [0.5, 0.6) is 0 Å². The molecule has 1 aromatic rings. The largest absolute Gasteiger partial charge is 0.287 e. The first-order chi connectivity index (χ1) is 5.13. The minimum atomic E-state index is -0.0208. The second kappa shape index (κ2) is 6.55. The third-order valence-corrected chi connectivity index (χ3v) is 1.26. The quantitative estimate of drug-likeness (QED) is 0.666. The molecule has 0 atom stereocenters. The summed E-state index contributed by atoms with van der Waals surface area (Å²) in [4.78, 5) is 9.36. The average molecular weight is 280 g/mol. The van der Waals surface area contributed by atoms with E-state index in [2.05, 4.69) is 31.9 Å². The third-order valence-electron chi connectivity index (χ3n) is 0.733. The molecular formula is C8H8Br2O. The standard InChI is InChI=1S/C6H5Br.C2H3BrO/c7-6-4-2-1-3-5-6;1-2(3)4/h1-5H;1H3. The maximum absolute atomic E-state index is 9.36. The number of halogens is 2. The first-order valence-electron chi connectivity index (χ1n) is 2.99. The van der Waals surface area contributed by atoms with Crippen LogP contribution >= 0.6 is 31.9 Å². The fourth-order valence-electron chi connectivity index (χ4n) is 0.415. The zero-order chi connectivity index (χ0) is 8.69. The van der Waals surface area contributed by atoms with Gasteiger partial charge in [-0.3, -0.25) is 4.79 Å². The van der Waals surface area contributed by atoms with Gasteiger partial charge in [-0.25, -0.2) is 0 Å². The van der Waals surface area contributed by atoms with Gasteiger partial charge in [-0.2, -0.15) is 0 Å². The summed E-state index contributed by atoms with van der Waals surface area (Å²) < 4.78 is 1.11. The maximum Gasteiger partial charge on any atom is 0.194 e. The van der Waals surface area contributed by atoms with Gasteiger partial charge in [0.25, 0.3) is 0 Å². The van der Waals surface area contributed by atoms with Crippen molar-refractivity contribution in [1.29, 1.82) is 0 Å². The summed E-state index contributed by atoms with van der Waals surface area (Å²) >= 11 is 5.94. The lowest BCUT2D eigenvalue weighted by atomic mass is 10.4. The van der Waals surface area contributed by atoms with Crippen LogP contribution in [-0.2, 0) is 4.79 Å². The highest BCUT2D eigenvalue weighted by molar-refractivity contribution is 9.18. The number of hydrogen-bond donors (Lipinski definition) is 0. The Kier molecular flexibility index (Phi) is 6.46. The van der Waals surface area contributed by atoms with Gasteiger partial charge >= 0.3 is 0 Å². The summed E-state index contributed by atoms with van der Waals surface area (Å²) in [7, 11) is 0. The average Bonchev–Trinajstić information content (AvgIpc) is 1.87. The Balaban J connectivity index is 0.000000218. The Labute approximate surface area is 83.1 Å². The molecule has 0 bridgehead atoms. The van der Waals surface area contributed by atoms with E-state index in [0.717, 1.165) is 4.47 Å². The fraction of sp³-hybridized carbons (Fsp3) is 0.125. The van der Waals surface area contributed by atoms with Gasteiger partial charge in [0.1, 0.15) is 0 Å². The highest BCUT2D eigenvalue weighted by Crippen LogP contribution is 2.05. The first-order valence-corrected chi connectivity index (χ1v) is 4.58. The van der Waals surface area contributed by atoms with E-state index in [1.165, 1.54) is 6.92 Å². The molecule has 11 heavy (non-hydrogen) atoms. The van der Waals surface area contributed by atoms with Crippen molar-refractivity contribution >= 4 is 36.6 Å². The second-order valence-electron chi connectivity index (χ2n) is 1.77. The Morgan fingerprint density at radius 2 is 1.64 bits per heavy atom. The lowest BCUT2D eigenvalue weighted by Crippen LogP contribution is -1.60. The molecule has 0 heterocycles. The van der Waals surface area contributed by atoms with E-state index in [9.17, 15) is 4.79 Å². The molecule has 0 aliphatic rings. The van der Waals surface area contributed by atoms with Crippen LogP contribution in [-0.4, -0.2) is 4.69 Å². The van der Waals surface area contributed by atoms with E-state index in [0.29, 0.717) is 0 Å². The van der Waals surface area contributed by atoms with Crippen LogP contribution in [0.25, 0.3) is 0 Å². The summed E-state index contributed by atoms with van der Waals surface area (Å²) in [6.07, 6.45) is 0. The van der Waals surface area contributed by atoms with Crippen molar-refractivity contribution in [2.75, 3.05) is 0 Å². The van der Waals surface area contributed by atoms with Crippen molar-refractivity contribution in [1.82, 2.24) is 0 Å². The number of benzene rings is 1. The van der Waals surface area contributed by atoms with E-state index < -0.39 is 0 Å². The molecule has 0 unspecified atom stereocenters. The summed E-state index contributed by atoms with van der Waals surface area (Å²) in [5.74, 6) is 0. The molecule has 0 N–H and O–H groups in total. The van der Waals surface area contributed by atoms with Gasteiger partial charge in [0, 0.05) is 11.4 Å². The minimum absolute atomic E-state index is 0.0208. The highest BCUT2D eigenvalue weighted by atomic mass is 79.9. The number of carbonyl (C=O) groups excluding carboxylic acids is 1. The smallest absolute Gasteiger partial charge is 0.194 e. The van der Waals surface area contributed by atoms with Gasteiger partial charge in [0.05, 0.1) is 0 Å². The van der Waals surface area contributed by atoms with Crippen LogP contribution in [0.2, 0.25) is 0 Å². The molecular weight excluding hydrogens is 272 g/mol. The summed E-state index contributed by atoms with van der Waals surface area (Å²) in [6.45, 7) is 1.44. The topological polar surface area (TPSA) is 17.1 Å². The van der Waals surface area contributed by atoms with Crippen LogP contribution in [0.4, 0.5) is 0 Å². The van der Waals surface area contributed by atoms with Gasteiger partial charge in [-0.1, -0.05) is 34.1 Å². The van der Waals surface area contributed by atoms with E-state index >= 15 is 0 Å². The lowest BCUT2D eigenvalue weighted by molar-refractivity contribution is -0.108. The Morgan fingerprint density at radius 3 is 1.82 bits per heavy atom. The van der Waals surface area contributed by atoms with Crippen LogP contribution in [0.3, 0.4) is 0 Å². The summed E-state index contributed by atoms with van der Waals surface area (Å²) in [5.41, 5.74) is 0. The SMILES string of the molecule is Brc1ccccc1.CC(=O)Br. The van der Waals surface area contributed by atoms with Gasteiger partial charge in [0.2, 0.25) is 0 Å². The van der Waals surface area contributed by atoms with Gasteiger partial charge in [-0.15, -0.1) is 0 Å². The van der Waals surface area contributed by atoms with E-state index in [1.54, 1.807) is 0 Å². The van der Waals surface area contributed by atoms with E-state index in [-0.39, 0.29) is 4.69 Å². The fourth-order valence-corrected chi connectivity index (χ4v) is 0.720. The zero-order valence-corrected chi connectivity index (χ0v) is 9.22. The van der Waals surface area contributed by atoms with Crippen molar-refractivity contribution in [2.45, 2.75) is 6.92 Å². The van der Waals surface area contributed by atoms with Gasteiger partial charge in [-0.05, 0) is 28.1 Å². The van der Waals surface area contributed by atoms with Crippen LogP contribution in [0.1, 0.15) is 6.92 Å². The van der Waals surface area contributed by atoms with Gasteiger partial charge < -0.3 is 0 Å². The lowest BCUT2D eigenvalue weighted by Gasteiger charge is -1.80. The van der Waals surface area contributed by atoms with E-state index in [4.69, 9.17) is 0 Å². The monoisotopic (exact) mass is 278 g/mol. The molecule has 1 rings (SSSR count). The van der Waals surface area contributed by atoms with Crippen molar-refractivity contribution in [3.8, 4) is 0 Å². The predicted octanol–water partition coefficient (Wildman–Crippen LogP) is 3.38. The Bertz CT molecular complexity index is 205. The molecule has 0 saturated heterocycles. The molecule has 3 heteroatoms. The third kappa shape index (κ3) is 9.85. The highest BCUT2D eigenvalue weighted by Gasteiger charge is 1.74. The maximum atomic E-state index is 9.36. The molecule has 1 aromatic carbocycles. The zero-order valence-electron chi connectivity index (χ0n) is 6.05. The molecule has 0 radical (unpaired) electrons. The normalized spacial score (nSPS) is 7.91. The van der Waals surface area contributed by atoms with Crippen LogP contribution in [0, 0.1) is 0 Å². The molecule has 0 saturated carbocycles. The molecule has 1 nitrogen and oxygen atoms in total. The van der Waals surface area contributed by atoms with Crippen molar-refractivity contribution in [3.05, 3.63) is 34.8 Å². The predicted molar refractivity (Wildman–Crippen MR) is 53.8 cm³/mol. The van der Waals surface area contributed by atoms with Gasteiger partial charge in [0.15, 0.2) is 4.69 Å². The molecule has 0 aromatic heterocycles. The van der Waals surface area contributed by atoms with Crippen molar-refractivity contribution in [2.24, 2.45) is 0 Å². The van der Waals surface area contributed by atoms with Crippen molar-refractivity contribution in [3.63, 3.8) is 0 Å². The minimum Gasteiger partial charge on any atom is -0.287 e. The number of carbonyl (C=O) groups is 1. The molecule has 0 aliphatic heterocycles. The second-order valence-corrected chi connectivity index (χ2v) is 3.80. The van der Waals surface area contributed by atoms with E-state index in [1.807, 2.05) is 30.3 Å². The summed E-state index contributed by atoms with van der Waals surface area (Å²) in [5, 5.41) is 0. The molecule has 0 spiro atoms.